The second kappa shape index (κ2) is 40.6. The summed E-state index contributed by atoms with van der Waals surface area (Å²) in [5, 5.41) is 14.0. The normalized spacial score (nSPS) is 17.4. The summed E-state index contributed by atoms with van der Waals surface area (Å²) in [5.74, 6) is 0. The van der Waals surface area contributed by atoms with E-state index in [1.807, 2.05) is 73.9 Å². The number of rotatable bonds is 8. The molecule has 22 nitrogen and oxygen atoms in total. The van der Waals surface area contributed by atoms with Crippen LogP contribution in [0.2, 0.25) is 0 Å². The third kappa shape index (κ3) is 35.1. The largest absolute Gasteiger partial charge is 2.00 e. The van der Waals surface area contributed by atoms with Crippen molar-refractivity contribution in [3.63, 3.8) is 0 Å². The summed E-state index contributed by atoms with van der Waals surface area (Å²) in [6.45, 7) is 8.26. The molecule has 2 radical (unpaired) electrons. The summed E-state index contributed by atoms with van der Waals surface area (Å²) in [7, 11) is -22.4. The summed E-state index contributed by atoms with van der Waals surface area (Å²) < 4.78 is 236. The average Bonchev–Trinajstić information content (AvgIpc) is 3.61. The van der Waals surface area contributed by atoms with Crippen LogP contribution in [0, 0.1) is 27.7 Å². The van der Waals surface area contributed by atoms with Gasteiger partial charge in [-0.2, -0.15) is 52.7 Å². The molecule has 2 aliphatic carbocycles. The Labute approximate surface area is 509 Å². The second-order valence-electron chi connectivity index (χ2n) is 16.4. The molecular weight excluding hydrogens is 1370 g/mol. The number of aliphatic hydroxyl groups excluding tert-OH is 2. The molecule has 0 bridgehead atoms. The van der Waals surface area contributed by atoms with Crippen LogP contribution in [-0.2, 0) is 74.6 Å². The van der Waals surface area contributed by atoms with Crippen molar-refractivity contribution in [2.24, 2.45) is 20.0 Å². The van der Waals surface area contributed by atoms with Gasteiger partial charge in [0.25, 0.3) is 0 Å². The zero-order valence-corrected chi connectivity index (χ0v) is 50.5. The van der Waals surface area contributed by atoms with E-state index >= 15 is 0 Å². The summed E-state index contributed by atoms with van der Waals surface area (Å²) in [6, 6.07) is 17.0. The van der Waals surface area contributed by atoms with E-state index in [0.29, 0.717) is 0 Å². The molecule has 86 heavy (non-hydrogen) atoms. The van der Waals surface area contributed by atoms with Crippen molar-refractivity contribution in [2.75, 3.05) is 14.2 Å². The maximum absolute atomic E-state index is 10.7. The van der Waals surface area contributed by atoms with Gasteiger partial charge in [0.15, 0.2) is 40.5 Å². The monoisotopic (exact) mass is 1430 g/mol. The van der Waals surface area contributed by atoms with Crippen LogP contribution in [0.5, 0.6) is 0 Å². The predicted octanol–water partition coefficient (Wildman–Crippen LogP) is 7.30. The van der Waals surface area contributed by atoms with Gasteiger partial charge >= 0.3 is 56.2 Å². The van der Waals surface area contributed by atoms with Gasteiger partial charge in [0, 0.05) is 63.9 Å². The molecule has 4 aromatic rings. The van der Waals surface area contributed by atoms with Crippen molar-refractivity contribution < 1.29 is 149 Å². The molecule has 6 rings (SSSR count). The van der Waals surface area contributed by atoms with Crippen molar-refractivity contribution in [2.45, 2.75) is 125 Å². The van der Waals surface area contributed by atoms with Crippen molar-refractivity contribution in [3.8, 4) is 0 Å². The Morgan fingerprint density at radius 3 is 0.640 bits per heavy atom. The van der Waals surface area contributed by atoms with Crippen molar-refractivity contribution in [3.05, 3.63) is 118 Å². The number of aliphatic imine (C=N–C) groups is 4. The fraction of sp³-hybridized carbons (Fsp3) is 0.478. The Morgan fingerprint density at radius 2 is 0.523 bits per heavy atom. The zero-order valence-electron chi connectivity index (χ0n) is 45.3. The van der Waals surface area contributed by atoms with E-state index in [4.69, 9.17) is 82.1 Å². The van der Waals surface area contributed by atoms with Gasteiger partial charge in [0.2, 0.25) is 0 Å². The average molecular weight is 1430 g/mol. The van der Waals surface area contributed by atoms with Crippen LogP contribution in [0.4, 0.5) is 52.7 Å². The smallest absolute Gasteiger partial charge is 0.741 e. The number of aliphatic hydroxyl groups is 2. The first kappa shape index (κ1) is 87.5. The second-order valence-corrected chi connectivity index (χ2v) is 21.9. The molecule has 40 heteroatoms. The number of hydrogen-bond donors (Lipinski definition) is 2. The van der Waals surface area contributed by atoms with Gasteiger partial charge in [-0.1, -0.05) is 49.9 Å². The molecule has 4 heterocycles. The van der Waals surface area contributed by atoms with Crippen LogP contribution in [0.15, 0.2) is 93.3 Å². The number of aryl methyl sites for hydroxylation is 4. The predicted molar refractivity (Wildman–Crippen MR) is 278 cm³/mol. The number of halogens is 12. The first-order valence-electron chi connectivity index (χ1n) is 23.2. The van der Waals surface area contributed by atoms with Crippen molar-refractivity contribution in [1.82, 2.24) is 19.9 Å². The fourth-order valence-electron chi connectivity index (χ4n) is 6.08. The van der Waals surface area contributed by atoms with E-state index in [1.54, 1.807) is 0 Å². The first-order valence-corrected chi connectivity index (χ1v) is 28.9. The SMILES string of the molecule is CO.CO.Cc1cccnc1C=N[C@@H]1CCCC[C@H]1N=Cc1ncccc1C.Cc1cccnc1C=N[C@@H]1CCCC[C@H]1N=Cc1ncccc1C.O=S(=O)([O-])C(F)(F)F.O=S(=O)([O-])C(F)(F)F.O=S(=O)([O-])C(F)(F)F.O=S(=O)([O-])C(F)(F)F.[Cu+2].[Cu+2]. The Morgan fingerprint density at radius 1 is 0.384 bits per heavy atom. The number of pyridine rings is 4. The molecule has 0 spiro atoms. The molecule has 0 aromatic carbocycles. The molecule has 0 amide bonds. The minimum atomic E-state index is -6.09. The van der Waals surface area contributed by atoms with Gasteiger partial charge in [0.1, 0.15) is 0 Å². The summed E-state index contributed by atoms with van der Waals surface area (Å²) in [6.07, 6.45) is 24.2. The fourth-order valence-corrected chi connectivity index (χ4v) is 6.08. The molecule has 2 fully saturated rings. The van der Waals surface area contributed by atoms with E-state index in [2.05, 4.69) is 71.9 Å². The number of hydrogen-bond acceptors (Lipinski definition) is 22. The van der Waals surface area contributed by atoms with Crippen LogP contribution < -0.4 is 0 Å². The van der Waals surface area contributed by atoms with Gasteiger partial charge in [-0.15, -0.1) is 0 Å². The third-order valence-corrected chi connectivity index (χ3v) is 12.5. The number of aromatic nitrogens is 4. The summed E-state index contributed by atoms with van der Waals surface area (Å²) in [5.41, 5.74) is -14.2. The molecule has 4 atom stereocenters. The van der Waals surface area contributed by atoms with Gasteiger partial charge in [-0.25, -0.2) is 33.7 Å². The van der Waals surface area contributed by atoms with E-state index in [9.17, 15) is 52.7 Å². The van der Waals surface area contributed by atoms with Crippen LogP contribution >= 0.6 is 0 Å². The minimum absolute atomic E-state index is 0. The van der Waals surface area contributed by atoms with E-state index < -0.39 is 62.5 Å². The van der Waals surface area contributed by atoms with Crippen LogP contribution in [0.25, 0.3) is 0 Å². The van der Waals surface area contributed by atoms with E-state index in [-0.39, 0.29) is 58.3 Å². The molecule has 0 unspecified atom stereocenters. The third-order valence-electron chi connectivity index (χ3n) is 10.3. The van der Waals surface area contributed by atoms with Crippen LogP contribution in [0.3, 0.4) is 0 Å². The molecule has 494 valence electrons. The minimum Gasteiger partial charge on any atom is -0.741 e. The number of alkyl halides is 12. The molecular formula is C46H56Cu2F12N8O14S4. The number of nitrogens with zero attached hydrogens (tertiary/aromatic N) is 8. The Hall–Kier alpha value is -4.96. The Balaban J connectivity index is -0.000000501. The first-order chi connectivity index (χ1) is 38.5. The molecule has 2 N–H and O–H groups in total. The zero-order chi connectivity index (χ0) is 65.6. The maximum atomic E-state index is 10.7. The molecule has 0 aliphatic heterocycles. The van der Waals surface area contributed by atoms with Crippen LogP contribution in [0.1, 0.15) is 96.4 Å². The quantitative estimate of drug-likeness (QED) is 0.0574. The molecule has 2 saturated carbocycles. The van der Waals surface area contributed by atoms with E-state index in [0.717, 1.165) is 84.9 Å². The molecule has 2 aliphatic rings. The standard InChI is InChI=1S/2C20H24N4.4CHF3O3S.2CH4O.2Cu/c2*1-15-7-5-11-21-19(15)13-23-17-9-3-4-10-18(17)24-14-20-16(2)8-6-12-22-20;4*2-1(3,4)8(5,6)7;2*1-2;;/h2*5-8,11-14,17-18H,3-4,9-10H2,1-2H3;4*(H,5,6,7);2*2H,1H3;;/q;;;;;;;;2*+2/p-4/t2*17-,18-;;;;;;;;/m11......../s1. The molecule has 4 aromatic heterocycles. The van der Waals surface area contributed by atoms with Crippen LogP contribution in [-0.4, -0.2) is 167 Å². The summed E-state index contributed by atoms with van der Waals surface area (Å²) in [4.78, 5) is 36.8. The van der Waals surface area contributed by atoms with Gasteiger partial charge in [-0.3, -0.25) is 39.9 Å². The molecule has 0 saturated heterocycles. The Kier molecular flexibility index (Phi) is 41.2. The van der Waals surface area contributed by atoms with Crippen molar-refractivity contribution >= 4 is 65.3 Å². The maximum Gasteiger partial charge on any atom is 2.00 e. The summed E-state index contributed by atoms with van der Waals surface area (Å²) >= 11 is 0. The topological polar surface area (TPSA) is 370 Å². The van der Waals surface area contributed by atoms with Gasteiger partial charge < -0.3 is 28.4 Å². The Bertz CT molecular complexity index is 2780. The van der Waals surface area contributed by atoms with Crippen molar-refractivity contribution in [1.29, 1.82) is 0 Å². The van der Waals surface area contributed by atoms with Gasteiger partial charge in [-0.05, 0) is 99.9 Å². The van der Waals surface area contributed by atoms with E-state index in [1.165, 1.54) is 25.7 Å². The van der Waals surface area contributed by atoms with Gasteiger partial charge in [0.05, 0.1) is 46.9 Å².